The van der Waals surface area contributed by atoms with E-state index in [-0.39, 0.29) is 24.0 Å². The highest BCUT2D eigenvalue weighted by Gasteiger charge is 2.42. The van der Waals surface area contributed by atoms with E-state index < -0.39 is 0 Å². The van der Waals surface area contributed by atoms with E-state index in [1.165, 1.54) is 38.8 Å². The number of guanidine groups is 1. The number of fused-ring (bicyclic) bond motifs is 2. The van der Waals surface area contributed by atoms with Crippen molar-refractivity contribution in [1.82, 2.24) is 29.9 Å². The first-order valence-corrected chi connectivity index (χ1v) is 10.3. The SMILES string of the molecule is CCc1nncn1CCNC(=NC)N1CCN(C2CC3CCC2C3)CC1.I. The number of aliphatic imine (C=N–C) groups is 1. The second kappa shape index (κ2) is 9.54. The van der Waals surface area contributed by atoms with Crippen molar-refractivity contribution in [3.05, 3.63) is 12.2 Å². The Bertz CT molecular complexity index is 623. The van der Waals surface area contributed by atoms with Gasteiger partial charge in [0.15, 0.2) is 5.96 Å². The molecule has 0 aromatic carbocycles. The van der Waals surface area contributed by atoms with Crippen LogP contribution in [0.25, 0.3) is 0 Å². The van der Waals surface area contributed by atoms with E-state index >= 15 is 0 Å². The fraction of sp³-hybridized carbons (Fsp3) is 0.842. The van der Waals surface area contributed by atoms with E-state index in [1.807, 2.05) is 13.4 Å². The molecule has 1 saturated heterocycles. The number of piperazine rings is 1. The Labute approximate surface area is 180 Å². The zero-order valence-electron chi connectivity index (χ0n) is 16.7. The van der Waals surface area contributed by atoms with Gasteiger partial charge >= 0.3 is 0 Å². The Morgan fingerprint density at radius 3 is 2.67 bits per heavy atom. The summed E-state index contributed by atoms with van der Waals surface area (Å²) in [4.78, 5) is 9.68. The van der Waals surface area contributed by atoms with Crippen molar-refractivity contribution in [2.24, 2.45) is 16.8 Å². The third-order valence-corrected chi connectivity index (χ3v) is 6.64. The molecule has 0 amide bonds. The molecule has 8 heteroatoms. The van der Waals surface area contributed by atoms with Gasteiger partial charge in [-0.3, -0.25) is 9.89 Å². The van der Waals surface area contributed by atoms with E-state index in [4.69, 9.17) is 0 Å². The van der Waals surface area contributed by atoms with Crippen LogP contribution in [0.4, 0.5) is 0 Å². The van der Waals surface area contributed by atoms with Crippen LogP contribution in [-0.4, -0.2) is 76.3 Å². The maximum absolute atomic E-state index is 4.51. The van der Waals surface area contributed by atoms with Crippen molar-refractivity contribution >= 4 is 29.9 Å². The smallest absolute Gasteiger partial charge is 0.193 e. The van der Waals surface area contributed by atoms with Gasteiger partial charge in [0, 0.05) is 58.8 Å². The Balaban J connectivity index is 0.00000210. The third-order valence-electron chi connectivity index (χ3n) is 6.64. The van der Waals surface area contributed by atoms with E-state index in [0.29, 0.717) is 0 Å². The second-order valence-electron chi connectivity index (χ2n) is 8.03. The third kappa shape index (κ3) is 4.58. The van der Waals surface area contributed by atoms with Crippen LogP contribution in [0.1, 0.15) is 38.4 Å². The normalized spacial score (nSPS) is 28.4. The molecule has 3 unspecified atom stereocenters. The highest BCUT2D eigenvalue weighted by molar-refractivity contribution is 14.0. The molecule has 27 heavy (non-hydrogen) atoms. The van der Waals surface area contributed by atoms with Gasteiger partial charge in [-0.05, 0) is 31.1 Å². The molecule has 1 aromatic heterocycles. The van der Waals surface area contributed by atoms with Crippen LogP contribution in [-0.2, 0) is 13.0 Å². The van der Waals surface area contributed by atoms with Gasteiger partial charge in [-0.15, -0.1) is 34.2 Å². The predicted octanol–water partition coefficient (Wildman–Crippen LogP) is 1.84. The summed E-state index contributed by atoms with van der Waals surface area (Å²) in [5, 5.41) is 11.7. The molecule has 1 aromatic rings. The molecular formula is C19H34IN7. The van der Waals surface area contributed by atoms with Gasteiger partial charge in [0.1, 0.15) is 12.2 Å². The minimum absolute atomic E-state index is 0. The summed E-state index contributed by atoms with van der Waals surface area (Å²) in [6.07, 6.45) is 8.65. The van der Waals surface area contributed by atoms with Crippen LogP contribution in [0.5, 0.6) is 0 Å². The number of hydrogen-bond acceptors (Lipinski definition) is 4. The molecule has 0 spiro atoms. The van der Waals surface area contributed by atoms with Crippen molar-refractivity contribution < 1.29 is 0 Å². The summed E-state index contributed by atoms with van der Waals surface area (Å²) >= 11 is 0. The number of rotatable bonds is 5. The van der Waals surface area contributed by atoms with Crippen LogP contribution in [0.2, 0.25) is 0 Å². The van der Waals surface area contributed by atoms with Gasteiger partial charge in [0.2, 0.25) is 0 Å². The fourth-order valence-corrected chi connectivity index (χ4v) is 5.28. The number of hydrogen-bond donors (Lipinski definition) is 1. The van der Waals surface area contributed by atoms with Gasteiger partial charge in [-0.1, -0.05) is 13.3 Å². The van der Waals surface area contributed by atoms with E-state index in [2.05, 4.69) is 41.8 Å². The first kappa shape index (κ1) is 20.8. The Kier molecular flexibility index (Phi) is 7.35. The van der Waals surface area contributed by atoms with Crippen molar-refractivity contribution in [2.75, 3.05) is 39.8 Å². The van der Waals surface area contributed by atoms with Crippen molar-refractivity contribution in [2.45, 2.75) is 51.6 Å². The van der Waals surface area contributed by atoms with Crippen LogP contribution in [0.3, 0.4) is 0 Å². The molecule has 4 rings (SSSR count). The zero-order chi connectivity index (χ0) is 17.9. The van der Waals surface area contributed by atoms with Crippen LogP contribution < -0.4 is 5.32 Å². The number of aryl methyl sites for hydroxylation is 1. The molecule has 3 atom stereocenters. The first-order valence-electron chi connectivity index (χ1n) is 10.3. The first-order chi connectivity index (χ1) is 12.8. The minimum Gasteiger partial charge on any atom is -0.354 e. The van der Waals surface area contributed by atoms with Gasteiger partial charge in [0.25, 0.3) is 0 Å². The summed E-state index contributed by atoms with van der Waals surface area (Å²) < 4.78 is 2.12. The largest absolute Gasteiger partial charge is 0.354 e. The molecule has 2 bridgehead atoms. The Hall–Kier alpha value is -0.900. The summed E-state index contributed by atoms with van der Waals surface area (Å²) in [6, 6.07) is 0.868. The molecule has 152 valence electrons. The molecule has 3 fully saturated rings. The Morgan fingerprint density at radius 2 is 2.04 bits per heavy atom. The lowest BCUT2D eigenvalue weighted by molar-refractivity contribution is 0.0958. The average molecular weight is 487 g/mol. The molecule has 2 aliphatic carbocycles. The maximum Gasteiger partial charge on any atom is 0.193 e. The summed E-state index contributed by atoms with van der Waals surface area (Å²) in [6.45, 7) is 8.37. The van der Waals surface area contributed by atoms with Crippen molar-refractivity contribution in [1.29, 1.82) is 0 Å². The van der Waals surface area contributed by atoms with Gasteiger partial charge in [-0.2, -0.15) is 0 Å². The van der Waals surface area contributed by atoms with Crippen LogP contribution >= 0.6 is 24.0 Å². The average Bonchev–Trinajstić information content (AvgIpc) is 3.42. The summed E-state index contributed by atoms with van der Waals surface area (Å²) in [7, 11) is 1.89. The van der Waals surface area contributed by atoms with Gasteiger partial charge in [-0.25, -0.2) is 0 Å². The van der Waals surface area contributed by atoms with Gasteiger partial charge < -0.3 is 14.8 Å². The van der Waals surface area contributed by atoms with E-state index in [1.54, 1.807) is 0 Å². The van der Waals surface area contributed by atoms with Crippen molar-refractivity contribution in [3.8, 4) is 0 Å². The lowest BCUT2D eigenvalue weighted by atomic mass is 9.93. The lowest BCUT2D eigenvalue weighted by Crippen LogP contribution is -2.55. The van der Waals surface area contributed by atoms with E-state index in [9.17, 15) is 0 Å². The fourth-order valence-electron chi connectivity index (χ4n) is 5.28. The minimum atomic E-state index is 0. The lowest BCUT2D eigenvalue weighted by Gasteiger charge is -2.42. The molecule has 2 heterocycles. The maximum atomic E-state index is 4.51. The summed E-state index contributed by atoms with van der Waals surface area (Å²) in [5.74, 6) is 4.09. The zero-order valence-corrected chi connectivity index (χ0v) is 19.0. The number of halogens is 1. The monoisotopic (exact) mass is 487 g/mol. The molecule has 7 nitrogen and oxygen atoms in total. The summed E-state index contributed by atoms with van der Waals surface area (Å²) in [5.41, 5.74) is 0. The van der Waals surface area contributed by atoms with Crippen LogP contribution in [0, 0.1) is 11.8 Å². The molecular weight excluding hydrogens is 453 g/mol. The standard InChI is InChI=1S/C19H33N7.HI/c1-3-18-23-22-14-26(18)7-6-21-19(20-2)25-10-8-24(9-11-25)17-13-15-4-5-16(17)12-15;/h14-17H,3-13H2,1-2H3,(H,20,21);1H. The predicted molar refractivity (Wildman–Crippen MR) is 119 cm³/mol. The molecule has 2 saturated carbocycles. The number of aromatic nitrogens is 3. The number of nitrogens with zero attached hydrogens (tertiary/aromatic N) is 6. The molecule has 0 radical (unpaired) electrons. The van der Waals surface area contributed by atoms with E-state index in [0.717, 1.165) is 62.3 Å². The molecule has 3 aliphatic rings. The quantitative estimate of drug-likeness (QED) is 0.390. The topological polar surface area (TPSA) is 61.6 Å². The van der Waals surface area contributed by atoms with Gasteiger partial charge in [0.05, 0.1) is 0 Å². The highest BCUT2D eigenvalue weighted by Crippen LogP contribution is 2.46. The highest BCUT2D eigenvalue weighted by atomic mass is 127. The molecule has 1 aliphatic heterocycles. The molecule has 1 N–H and O–H groups in total. The Morgan fingerprint density at radius 1 is 1.22 bits per heavy atom. The second-order valence-corrected chi connectivity index (χ2v) is 8.03. The van der Waals surface area contributed by atoms with Crippen molar-refractivity contribution in [3.63, 3.8) is 0 Å². The van der Waals surface area contributed by atoms with Crippen LogP contribution in [0.15, 0.2) is 11.3 Å². The number of nitrogens with one attached hydrogen (secondary N) is 1.